The third-order valence-electron chi connectivity index (χ3n) is 4.61. The highest BCUT2D eigenvalue weighted by atomic mass is 35.5. The van der Waals surface area contributed by atoms with Gasteiger partial charge >= 0.3 is 0 Å². The van der Waals surface area contributed by atoms with E-state index in [2.05, 4.69) is 22.0 Å². The van der Waals surface area contributed by atoms with Crippen LogP contribution in [0.1, 0.15) is 29.3 Å². The predicted octanol–water partition coefficient (Wildman–Crippen LogP) is 4.60. The van der Waals surface area contributed by atoms with Crippen LogP contribution in [-0.4, -0.2) is 24.5 Å². The lowest BCUT2D eigenvalue weighted by Gasteiger charge is -2.24. The van der Waals surface area contributed by atoms with E-state index in [0.29, 0.717) is 16.3 Å². The summed E-state index contributed by atoms with van der Waals surface area (Å²) in [5.74, 6) is -0.0413. The number of nitrogens with one attached hydrogen (secondary N) is 1. The molecule has 4 nitrogen and oxygen atoms in total. The van der Waals surface area contributed by atoms with Crippen LogP contribution in [0.25, 0.3) is 4.85 Å². The number of aryl methyl sites for hydroxylation is 1. The second kappa shape index (κ2) is 7.16. The van der Waals surface area contributed by atoms with Crippen LogP contribution in [0.4, 0.5) is 11.4 Å². The van der Waals surface area contributed by atoms with Gasteiger partial charge < -0.3 is 10.2 Å². The van der Waals surface area contributed by atoms with Gasteiger partial charge in [-0.25, -0.2) is 4.85 Å². The van der Waals surface area contributed by atoms with Gasteiger partial charge in [-0.05, 0) is 44.5 Å². The first-order chi connectivity index (χ1) is 12.0. The maximum absolute atomic E-state index is 12.4. The van der Waals surface area contributed by atoms with Crippen molar-refractivity contribution in [2.24, 2.45) is 0 Å². The van der Waals surface area contributed by atoms with Gasteiger partial charge in [0.25, 0.3) is 5.91 Å². The summed E-state index contributed by atoms with van der Waals surface area (Å²) in [6, 6.07) is 13.5. The molecule has 1 fully saturated rings. The Bertz CT molecular complexity index is 826. The Balaban J connectivity index is 1.69. The molecule has 0 radical (unpaired) electrons. The monoisotopic (exact) mass is 353 g/mol. The molecule has 1 N–H and O–H groups in total. The minimum Gasteiger partial charge on any atom is -0.367 e. The molecular formula is C20H20ClN3O. The number of nitrogens with zero attached hydrogens (tertiary/aromatic N) is 2. The number of anilines is 1. The fourth-order valence-corrected chi connectivity index (χ4v) is 3.45. The summed E-state index contributed by atoms with van der Waals surface area (Å²) in [5, 5.41) is 3.58. The summed E-state index contributed by atoms with van der Waals surface area (Å²) in [6.45, 7) is 12.0. The molecule has 2 atom stereocenters. The first-order valence-corrected chi connectivity index (χ1v) is 8.67. The van der Waals surface area contributed by atoms with Crippen LogP contribution in [0.15, 0.2) is 42.5 Å². The van der Waals surface area contributed by atoms with Gasteiger partial charge in [0.2, 0.25) is 5.69 Å². The standard InChI is InChI=1S/C20H20ClN3O/c1-13-4-6-15(7-5-13)20(25)23-16-10-14(2)24(12-16)17-8-9-19(22-3)18(21)11-17/h4-9,11,14,16H,10,12H2,1-2H3,(H,23,25)/t14-,16+/m0/s1. The van der Waals surface area contributed by atoms with Gasteiger partial charge in [0.05, 0.1) is 6.57 Å². The van der Waals surface area contributed by atoms with Gasteiger partial charge in [0.15, 0.2) is 0 Å². The number of hydrogen-bond acceptors (Lipinski definition) is 2. The Morgan fingerprint density at radius 2 is 2.00 bits per heavy atom. The highest BCUT2D eigenvalue weighted by Gasteiger charge is 2.30. The summed E-state index contributed by atoms with van der Waals surface area (Å²) in [6.07, 6.45) is 0.875. The summed E-state index contributed by atoms with van der Waals surface area (Å²) in [7, 11) is 0. The highest BCUT2D eigenvalue weighted by molar-refractivity contribution is 6.33. The number of carbonyl (C=O) groups is 1. The highest BCUT2D eigenvalue weighted by Crippen LogP contribution is 2.33. The van der Waals surface area contributed by atoms with Crippen LogP contribution in [0.3, 0.4) is 0 Å². The van der Waals surface area contributed by atoms with Crippen molar-refractivity contribution >= 4 is 28.9 Å². The zero-order chi connectivity index (χ0) is 18.0. The molecular weight excluding hydrogens is 334 g/mol. The Morgan fingerprint density at radius 1 is 1.28 bits per heavy atom. The van der Waals surface area contributed by atoms with Gasteiger partial charge in [-0.3, -0.25) is 4.79 Å². The number of rotatable bonds is 3. The summed E-state index contributed by atoms with van der Waals surface area (Å²) < 4.78 is 0. The number of hydrogen-bond donors (Lipinski definition) is 1. The number of benzene rings is 2. The van der Waals surface area contributed by atoms with Crippen LogP contribution < -0.4 is 10.2 Å². The summed E-state index contributed by atoms with van der Waals surface area (Å²) in [4.78, 5) is 18.0. The van der Waals surface area contributed by atoms with Crippen molar-refractivity contribution in [3.8, 4) is 0 Å². The molecule has 1 saturated heterocycles. The van der Waals surface area contributed by atoms with E-state index in [4.69, 9.17) is 18.2 Å². The average molecular weight is 354 g/mol. The van der Waals surface area contributed by atoms with Crippen molar-refractivity contribution in [2.75, 3.05) is 11.4 Å². The molecule has 0 aliphatic carbocycles. The van der Waals surface area contributed by atoms with Crippen LogP contribution >= 0.6 is 11.6 Å². The normalized spacial score (nSPS) is 19.5. The van der Waals surface area contributed by atoms with E-state index in [9.17, 15) is 4.79 Å². The van der Waals surface area contributed by atoms with Gasteiger partial charge in [-0.1, -0.05) is 35.4 Å². The Morgan fingerprint density at radius 3 is 2.64 bits per heavy atom. The average Bonchev–Trinajstić information content (AvgIpc) is 2.95. The number of carbonyl (C=O) groups excluding carboxylic acids is 1. The van der Waals surface area contributed by atoms with Crippen molar-refractivity contribution in [1.82, 2.24) is 5.32 Å². The van der Waals surface area contributed by atoms with E-state index < -0.39 is 0 Å². The first-order valence-electron chi connectivity index (χ1n) is 8.29. The third kappa shape index (κ3) is 3.78. The van der Waals surface area contributed by atoms with E-state index in [-0.39, 0.29) is 18.0 Å². The Labute approximate surface area is 153 Å². The maximum Gasteiger partial charge on any atom is 0.251 e. The van der Waals surface area contributed by atoms with Crippen LogP contribution in [0.5, 0.6) is 0 Å². The van der Waals surface area contributed by atoms with E-state index in [1.165, 1.54) is 0 Å². The second-order valence-corrected chi connectivity index (χ2v) is 6.93. The van der Waals surface area contributed by atoms with Crippen LogP contribution in [0.2, 0.25) is 5.02 Å². The fraction of sp³-hybridized carbons (Fsp3) is 0.300. The molecule has 0 aromatic heterocycles. The lowest BCUT2D eigenvalue weighted by molar-refractivity contribution is 0.0940. The van der Waals surface area contributed by atoms with E-state index in [0.717, 1.165) is 24.2 Å². The second-order valence-electron chi connectivity index (χ2n) is 6.52. The Kier molecular flexibility index (Phi) is 4.96. The van der Waals surface area contributed by atoms with Crippen molar-refractivity contribution < 1.29 is 4.79 Å². The molecule has 1 heterocycles. The molecule has 128 valence electrons. The molecule has 1 aliphatic heterocycles. The number of amides is 1. The van der Waals surface area contributed by atoms with Crippen LogP contribution in [0, 0.1) is 13.5 Å². The smallest absolute Gasteiger partial charge is 0.251 e. The molecule has 1 amide bonds. The first kappa shape index (κ1) is 17.3. The summed E-state index contributed by atoms with van der Waals surface area (Å²) >= 11 is 6.16. The lowest BCUT2D eigenvalue weighted by atomic mass is 10.1. The zero-order valence-electron chi connectivity index (χ0n) is 14.3. The number of halogens is 1. The molecule has 5 heteroatoms. The topological polar surface area (TPSA) is 36.7 Å². The Hall–Kier alpha value is -2.51. The lowest BCUT2D eigenvalue weighted by Crippen LogP contribution is -2.37. The fourth-order valence-electron chi connectivity index (χ4n) is 3.23. The van der Waals surface area contributed by atoms with Gasteiger partial charge in [-0.15, -0.1) is 0 Å². The van der Waals surface area contributed by atoms with Gasteiger partial charge in [0, 0.05) is 34.9 Å². The third-order valence-corrected chi connectivity index (χ3v) is 4.91. The molecule has 25 heavy (non-hydrogen) atoms. The van der Waals surface area contributed by atoms with Crippen LogP contribution in [-0.2, 0) is 0 Å². The molecule has 3 rings (SSSR count). The van der Waals surface area contributed by atoms with Gasteiger partial charge in [-0.2, -0.15) is 0 Å². The van der Waals surface area contributed by atoms with E-state index in [1.807, 2.05) is 43.3 Å². The SMILES string of the molecule is [C-]#[N+]c1ccc(N2C[C@H](NC(=O)c3ccc(C)cc3)C[C@@H]2C)cc1Cl. The molecule has 1 aliphatic rings. The maximum atomic E-state index is 12.4. The van der Waals surface area contributed by atoms with Crippen molar-refractivity contribution in [2.45, 2.75) is 32.4 Å². The molecule has 2 aromatic rings. The van der Waals surface area contributed by atoms with E-state index >= 15 is 0 Å². The molecule has 2 aromatic carbocycles. The van der Waals surface area contributed by atoms with Crippen molar-refractivity contribution in [3.63, 3.8) is 0 Å². The van der Waals surface area contributed by atoms with Crippen molar-refractivity contribution in [3.05, 3.63) is 70.0 Å². The minimum atomic E-state index is -0.0413. The molecule has 0 saturated carbocycles. The molecule has 0 bridgehead atoms. The van der Waals surface area contributed by atoms with Crippen molar-refractivity contribution in [1.29, 1.82) is 0 Å². The zero-order valence-corrected chi connectivity index (χ0v) is 15.0. The largest absolute Gasteiger partial charge is 0.367 e. The molecule has 0 unspecified atom stereocenters. The minimum absolute atomic E-state index is 0.0413. The quantitative estimate of drug-likeness (QED) is 0.819. The van der Waals surface area contributed by atoms with Gasteiger partial charge in [0.1, 0.15) is 0 Å². The van der Waals surface area contributed by atoms with E-state index in [1.54, 1.807) is 6.07 Å². The summed E-state index contributed by atoms with van der Waals surface area (Å²) in [5.41, 5.74) is 3.26. The predicted molar refractivity (Wildman–Crippen MR) is 102 cm³/mol. The molecule has 0 spiro atoms.